The van der Waals surface area contributed by atoms with E-state index in [1.54, 1.807) is 24.3 Å². The number of benzene rings is 1. The average Bonchev–Trinajstić information content (AvgIpc) is 2.62. The van der Waals surface area contributed by atoms with Crippen molar-refractivity contribution in [1.82, 2.24) is 10.3 Å². The van der Waals surface area contributed by atoms with E-state index in [-0.39, 0.29) is 17.3 Å². The zero-order valence-electron chi connectivity index (χ0n) is 14.3. The third kappa shape index (κ3) is 5.24. The SMILES string of the molecule is CCCCNC(=O)c1cncc(C(=O)Nc2cccc(C(C)=O)c2)c1. The largest absolute Gasteiger partial charge is 0.352 e. The van der Waals surface area contributed by atoms with Gasteiger partial charge in [0.15, 0.2) is 5.78 Å². The summed E-state index contributed by atoms with van der Waals surface area (Å²) >= 11 is 0. The van der Waals surface area contributed by atoms with E-state index in [9.17, 15) is 14.4 Å². The van der Waals surface area contributed by atoms with Gasteiger partial charge in [0.1, 0.15) is 0 Å². The van der Waals surface area contributed by atoms with Crippen LogP contribution < -0.4 is 10.6 Å². The van der Waals surface area contributed by atoms with Crippen LogP contribution in [0.25, 0.3) is 0 Å². The van der Waals surface area contributed by atoms with Crippen LogP contribution in [-0.4, -0.2) is 29.1 Å². The van der Waals surface area contributed by atoms with Gasteiger partial charge in [-0.05, 0) is 31.5 Å². The average molecular weight is 339 g/mol. The van der Waals surface area contributed by atoms with Gasteiger partial charge in [-0.15, -0.1) is 0 Å². The zero-order valence-corrected chi connectivity index (χ0v) is 14.3. The molecule has 2 aromatic rings. The fourth-order valence-corrected chi connectivity index (χ4v) is 2.19. The summed E-state index contributed by atoms with van der Waals surface area (Å²) in [4.78, 5) is 39.8. The van der Waals surface area contributed by atoms with Crippen LogP contribution in [0.1, 0.15) is 57.8 Å². The summed E-state index contributed by atoms with van der Waals surface area (Å²) in [5.74, 6) is -0.728. The molecule has 0 aliphatic carbocycles. The highest BCUT2D eigenvalue weighted by Crippen LogP contribution is 2.13. The molecule has 0 spiro atoms. The molecular formula is C19H21N3O3. The molecule has 0 atom stereocenters. The molecule has 0 unspecified atom stereocenters. The third-order valence-electron chi connectivity index (χ3n) is 3.61. The molecule has 2 N–H and O–H groups in total. The number of unbranched alkanes of at least 4 members (excludes halogenated alkanes) is 1. The van der Waals surface area contributed by atoms with Crippen LogP contribution in [0, 0.1) is 0 Å². The van der Waals surface area contributed by atoms with Crippen LogP contribution in [0.4, 0.5) is 5.69 Å². The minimum absolute atomic E-state index is 0.0801. The van der Waals surface area contributed by atoms with Crippen LogP contribution in [-0.2, 0) is 0 Å². The number of anilines is 1. The molecule has 6 nitrogen and oxygen atoms in total. The van der Waals surface area contributed by atoms with Crippen LogP contribution >= 0.6 is 0 Å². The number of amides is 2. The van der Waals surface area contributed by atoms with Crippen LogP contribution in [0.15, 0.2) is 42.7 Å². The normalized spacial score (nSPS) is 10.2. The number of ketones is 1. The molecule has 0 radical (unpaired) electrons. The number of carbonyl (C=O) groups excluding carboxylic acids is 3. The van der Waals surface area contributed by atoms with E-state index in [1.807, 2.05) is 6.92 Å². The Morgan fingerprint density at radius 1 is 1.00 bits per heavy atom. The van der Waals surface area contributed by atoms with Gasteiger partial charge in [0.2, 0.25) is 0 Å². The van der Waals surface area contributed by atoms with E-state index < -0.39 is 5.91 Å². The fourth-order valence-electron chi connectivity index (χ4n) is 2.19. The van der Waals surface area contributed by atoms with Crippen molar-refractivity contribution in [2.45, 2.75) is 26.7 Å². The summed E-state index contributed by atoms with van der Waals surface area (Å²) in [6.07, 6.45) is 4.70. The van der Waals surface area contributed by atoms with Gasteiger partial charge in [0, 0.05) is 30.2 Å². The number of Topliss-reactive ketones (excluding diaryl/α,β-unsaturated/α-hetero) is 1. The monoisotopic (exact) mass is 339 g/mol. The predicted molar refractivity (Wildman–Crippen MR) is 95.9 cm³/mol. The topological polar surface area (TPSA) is 88.2 Å². The first kappa shape index (κ1) is 18.3. The van der Waals surface area contributed by atoms with Gasteiger partial charge >= 0.3 is 0 Å². The Bertz CT molecular complexity index is 787. The van der Waals surface area contributed by atoms with Crippen molar-refractivity contribution in [2.24, 2.45) is 0 Å². The Labute approximate surface area is 146 Å². The van der Waals surface area contributed by atoms with Gasteiger partial charge < -0.3 is 10.6 Å². The fraction of sp³-hybridized carbons (Fsp3) is 0.263. The summed E-state index contributed by atoms with van der Waals surface area (Å²) in [5.41, 5.74) is 1.63. The van der Waals surface area contributed by atoms with E-state index in [2.05, 4.69) is 15.6 Å². The maximum Gasteiger partial charge on any atom is 0.257 e. The second-order valence-electron chi connectivity index (χ2n) is 5.66. The van der Waals surface area contributed by atoms with Crippen LogP contribution in [0.5, 0.6) is 0 Å². The lowest BCUT2D eigenvalue weighted by molar-refractivity contribution is 0.0951. The van der Waals surface area contributed by atoms with E-state index in [1.165, 1.54) is 25.4 Å². The number of nitrogens with one attached hydrogen (secondary N) is 2. The van der Waals surface area contributed by atoms with Crippen molar-refractivity contribution < 1.29 is 14.4 Å². The molecule has 1 aromatic carbocycles. The number of pyridine rings is 1. The van der Waals surface area contributed by atoms with Gasteiger partial charge in [-0.1, -0.05) is 25.5 Å². The summed E-state index contributed by atoms with van der Waals surface area (Å²) in [6.45, 7) is 4.09. The smallest absolute Gasteiger partial charge is 0.257 e. The molecule has 2 rings (SSSR count). The Hall–Kier alpha value is -3.02. The molecular weight excluding hydrogens is 318 g/mol. The molecule has 1 aromatic heterocycles. The molecule has 25 heavy (non-hydrogen) atoms. The standard InChI is InChI=1S/C19H21N3O3/c1-3-4-8-21-18(24)15-9-16(12-20-11-15)19(25)22-17-7-5-6-14(10-17)13(2)23/h5-7,9-12H,3-4,8H2,1-2H3,(H,21,24)(H,22,25). The summed E-state index contributed by atoms with van der Waals surface area (Å²) in [6, 6.07) is 8.18. The number of carbonyl (C=O) groups is 3. The number of aromatic nitrogens is 1. The molecule has 1 heterocycles. The summed E-state index contributed by atoms with van der Waals surface area (Å²) < 4.78 is 0. The van der Waals surface area contributed by atoms with E-state index in [0.29, 0.717) is 23.4 Å². The maximum atomic E-state index is 12.4. The number of rotatable bonds is 7. The number of hydrogen-bond donors (Lipinski definition) is 2. The van der Waals surface area contributed by atoms with E-state index >= 15 is 0 Å². The van der Waals surface area contributed by atoms with Crippen molar-refractivity contribution in [3.8, 4) is 0 Å². The molecule has 0 fully saturated rings. The second kappa shape index (κ2) is 8.73. The van der Waals surface area contributed by atoms with Crippen molar-refractivity contribution in [2.75, 3.05) is 11.9 Å². The van der Waals surface area contributed by atoms with E-state index in [4.69, 9.17) is 0 Å². The van der Waals surface area contributed by atoms with Crippen LogP contribution in [0.3, 0.4) is 0 Å². The van der Waals surface area contributed by atoms with Crippen molar-refractivity contribution in [1.29, 1.82) is 0 Å². The quantitative estimate of drug-likeness (QED) is 0.599. The van der Waals surface area contributed by atoms with Crippen molar-refractivity contribution >= 4 is 23.3 Å². The Balaban J connectivity index is 2.09. The number of nitrogens with zero attached hydrogens (tertiary/aromatic N) is 1. The van der Waals surface area contributed by atoms with E-state index in [0.717, 1.165) is 12.8 Å². The molecule has 0 saturated carbocycles. The lowest BCUT2D eigenvalue weighted by Crippen LogP contribution is -2.25. The minimum atomic E-state index is -0.392. The molecule has 0 bridgehead atoms. The van der Waals surface area contributed by atoms with Crippen LogP contribution in [0.2, 0.25) is 0 Å². The lowest BCUT2D eigenvalue weighted by Gasteiger charge is -2.08. The first-order valence-electron chi connectivity index (χ1n) is 8.17. The highest BCUT2D eigenvalue weighted by Gasteiger charge is 2.12. The molecule has 0 aliphatic heterocycles. The molecule has 130 valence electrons. The Morgan fingerprint density at radius 3 is 2.40 bits per heavy atom. The first-order valence-corrected chi connectivity index (χ1v) is 8.17. The first-order chi connectivity index (χ1) is 12.0. The summed E-state index contributed by atoms with van der Waals surface area (Å²) in [7, 11) is 0. The second-order valence-corrected chi connectivity index (χ2v) is 5.66. The van der Waals surface area contributed by atoms with Gasteiger partial charge in [-0.2, -0.15) is 0 Å². The zero-order chi connectivity index (χ0) is 18.2. The molecule has 2 amide bonds. The van der Waals surface area contributed by atoms with Gasteiger partial charge in [0.25, 0.3) is 11.8 Å². The van der Waals surface area contributed by atoms with Gasteiger partial charge in [-0.3, -0.25) is 19.4 Å². The number of hydrogen-bond acceptors (Lipinski definition) is 4. The highest BCUT2D eigenvalue weighted by atomic mass is 16.2. The van der Waals surface area contributed by atoms with Crippen molar-refractivity contribution in [3.05, 3.63) is 59.4 Å². The molecule has 0 aliphatic rings. The molecule has 6 heteroatoms. The van der Waals surface area contributed by atoms with Gasteiger partial charge in [-0.25, -0.2) is 0 Å². The Kier molecular flexibility index (Phi) is 6.39. The minimum Gasteiger partial charge on any atom is -0.352 e. The Morgan fingerprint density at radius 2 is 1.72 bits per heavy atom. The van der Waals surface area contributed by atoms with Gasteiger partial charge in [0.05, 0.1) is 11.1 Å². The maximum absolute atomic E-state index is 12.4. The summed E-state index contributed by atoms with van der Waals surface area (Å²) in [5, 5.41) is 5.50. The molecule has 0 saturated heterocycles. The van der Waals surface area contributed by atoms with Crippen molar-refractivity contribution in [3.63, 3.8) is 0 Å². The lowest BCUT2D eigenvalue weighted by atomic mass is 10.1. The predicted octanol–water partition coefficient (Wildman–Crippen LogP) is 3.07. The highest BCUT2D eigenvalue weighted by molar-refractivity contribution is 6.06. The third-order valence-corrected chi connectivity index (χ3v) is 3.61.